The average Bonchev–Trinajstić information content (AvgIpc) is 3.04. The molecule has 0 amide bonds. The smallest absolute Gasteiger partial charge is 0.251 e. The van der Waals surface area contributed by atoms with Gasteiger partial charge in [0.05, 0.1) is 6.04 Å². The van der Waals surface area contributed by atoms with Crippen LogP contribution >= 0.6 is 0 Å². The maximum atomic E-state index is 13.4. The molecule has 0 aliphatic heterocycles. The van der Waals surface area contributed by atoms with Crippen molar-refractivity contribution in [1.29, 1.82) is 0 Å². The molecule has 1 N–H and O–H groups in total. The van der Waals surface area contributed by atoms with Crippen LogP contribution in [0.1, 0.15) is 57.8 Å². The Morgan fingerprint density at radius 2 is 1.68 bits per heavy atom. The number of para-hydroxylation sites is 1. The molecule has 1 atom stereocenters. The molecule has 4 heteroatoms. The molecule has 31 heavy (non-hydrogen) atoms. The third-order valence-corrected chi connectivity index (χ3v) is 6.20. The number of rotatable bonds is 6. The van der Waals surface area contributed by atoms with E-state index in [1.54, 1.807) is 0 Å². The number of pyridine rings is 1. The van der Waals surface area contributed by atoms with Crippen LogP contribution in [0.25, 0.3) is 10.9 Å². The van der Waals surface area contributed by atoms with Gasteiger partial charge in [0, 0.05) is 39.8 Å². The van der Waals surface area contributed by atoms with Crippen LogP contribution in [0, 0.1) is 20.8 Å². The summed E-state index contributed by atoms with van der Waals surface area (Å²) >= 11 is 0. The number of nitrogens with zero attached hydrogens (tertiary/aromatic N) is 1. The van der Waals surface area contributed by atoms with Gasteiger partial charge < -0.3 is 9.55 Å². The summed E-state index contributed by atoms with van der Waals surface area (Å²) in [6.45, 7) is 7.99. The highest BCUT2D eigenvalue weighted by Gasteiger charge is 2.23. The van der Waals surface area contributed by atoms with Crippen LogP contribution in [-0.4, -0.2) is 15.3 Å². The van der Waals surface area contributed by atoms with E-state index >= 15 is 0 Å². The molecule has 4 rings (SSSR count). The van der Waals surface area contributed by atoms with E-state index in [0.717, 1.165) is 33.4 Å². The number of H-pyrrole nitrogens is 1. The predicted molar refractivity (Wildman–Crippen MR) is 126 cm³/mol. The SMILES string of the molecule is Cc1cc(C)c(CCC(=O)c2c(C)n(C(C)c3ccccc3)c3ccccc23)c(=O)[nH]1. The number of ketones is 1. The number of carbonyl (C=O) groups is 1. The summed E-state index contributed by atoms with van der Waals surface area (Å²) in [5, 5.41) is 0.974. The first-order valence-electron chi connectivity index (χ1n) is 10.8. The van der Waals surface area contributed by atoms with Crippen LogP contribution < -0.4 is 5.56 Å². The molecule has 0 saturated heterocycles. The van der Waals surface area contributed by atoms with Crippen molar-refractivity contribution in [3.8, 4) is 0 Å². The van der Waals surface area contributed by atoms with Crippen LogP contribution in [0.5, 0.6) is 0 Å². The summed E-state index contributed by atoms with van der Waals surface area (Å²) < 4.78 is 2.25. The lowest BCUT2D eigenvalue weighted by Gasteiger charge is -2.18. The van der Waals surface area contributed by atoms with E-state index < -0.39 is 0 Å². The fourth-order valence-corrected chi connectivity index (χ4v) is 4.68. The summed E-state index contributed by atoms with van der Waals surface area (Å²) in [5.41, 5.74) is 6.37. The van der Waals surface area contributed by atoms with Gasteiger partial charge >= 0.3 is 0 Å². The lowest BCUT2D eigenvalue weighted by molar-refractivity contribution is 0.0983. The van der Waals surface area contributed by atoms with Crippen molar-refractivity contribution in [3.05, 3.63) is 105 Å². The number of aromatic nitrogens is 2. The molecule has 0 bridgehead atoms. The van der Waals surface area contributed by atoms with Gasteiger partial charge in [0.25, 0.3) is 5.56 Å². The molecule has 4 nitrogen and oxygen atoms in total. The molecule has 0 saturated carbocycles. The Bertz CT molecular complexity index is 1310. The number of fused-ring (bicyclic) bond motifs is 1. The molecule has 4 aromatic rings. The highest BCUT2D eigenvalue weighted by Crippen LogP contribution is 2.32. The maximum Gasteiger partial charge on any atom is 0.251 e. The number of carbonyl (C=O) groups excluding carboxylic acids is 1. The van der Waals surface area contributed by atoms with E-state index in [1.807, 2.05) is 63.2 Å². The standard InChI is InChI=1S/C27H28N2O2/c1-17-16-18(2)28-27(31)22(17)14-15-25(30)26-20(4)29(24-13-9-8-12-23(24)26)19(3)21-10-6-5-7-11-21/h5-13,16,19H,14-15H2,1-4H3,(H,28,31). The molecular formula is C27H28N2O2. The molecule has 0 fully saturated rings. The molecule has 0 aliphatic carbocycles. The molecule has 1 unspecified atom stereocenters. The van der Waals surface area contributed by atoms with Gasteiger partial charge in [0.15, 0.2) is 5.78 Å². The number of Topliss-reactive ketones (excluding diaryl/α,β-unsaturated/α-hetero) is 1. The molecule has 2 aromatic heterocycles. The Morgan fingerprint density at radius 1 is 1.00 bits per heavy atom. The first-order chi connectivity index (χ1) is 14.9. The molecule has 0 radical (unpaired) electrons. The van der Waals surface area contributed by atoms with E-state index in [4.69, 9.17) is 0 Å². The molecule has 2 aromatic carbocycles. The van der Waals surface area contributed by atoms with Crippen LogP contribution in [-0.2, 0) is 6.42 Å². The van der Waals surface area contributed by atoms with Gasteiger partial charge in [-0.3, -0.25) is 9.59 Å². The van der Waals surface area contributed by atoms with Gasteiger partial charge in [-0.2, -0.15) is 0 Å². The molecule has 0 spiro atoms. The number of hydrogen-bond donors (Lipinski definition) is 1. The zero-order valence-electron chi connectivity index (χ0n) is 18.5. The van der Waals surface area contributed by atoms with Crippen molar-refractivity contribution in [1.82, 2.24) is 9.55 Å². The Labute approximate surface area is 182 Å². The highest BCUT2D eigenvalue weighted by atomic mass is 16.1. The van der Waals surface area contributed by atoms with Crippen molar-refractivity contribution in [2.24, 2.45) is 0 Å². The Hall–Kier alpha value is -3.40. The average molecular weight is 413 g/mol. The van der Waals surface area contributed by atoms with Gasteiger partial charge in [-0.25, -0.2) is 0 Å². The van der Waals surface area contributed by atoms with Crippen molar-refractivity contribution >= 4 is 16.7 Å². The van der Waals surface area contributed by atoms with E-state index in [9.17, 15) is 9.59 Å². The van der Waals surface area contributed by atoms with Gasteiger partial charge in [-0.15, -0.1) is 0 Å². The van der Waals surface area contributed by atoms with Crippen molar-refractivity contribution in [2.75, 3.05) is 0 Å². The topological polar surface area (TPSA) is 54.9 Å². The molecule has 0 aliphatic rings. The molecular weight excluding hydrogens is 384 g/mol. The van der Waals surface area contributed by atoms with Gasteiger partial charge in [0.1, 0.15) is 0 Å². The van der Waals surface area contributed by atoms with E-state index in [0.29, 0.717) is 18.4 Å². The highest BCUT2D eigenvalue weighted by molar-refractivity contribution is 6.09. The van der Waals surface area contributed by atoms with Gasteiger partial charge in [-0.05, 0) is 57.4 Å². The zero-order chi connectivity index (χ0) is 22.1. The lowest BCUT2D eigenvalue weighted by Crippen LogP contribution is -2.17. The normalized spacial score (nSPS) is 12.3. The molecule has 2 heterocycles. The van der Waals surface area contributed by atoms with Crippen molar-refractivity contribution < 1.29 is 4.79 Å². The van der Waals surface area contributed by atoms with Crippen LogP contribution in [0.15, 0.2) is 65.5 Å². The second-order valence-corrected chi connectivity index (χ2v) is 8.30. The van der Waals surface area contributed by atoms with Gasteiger partial charge in [0.2, 0.25) is 0 Å². The number of benzene rings is 2. The van der Waals surface area contributed by atoms with Gasteiger partial charge in [-0.1, -0.05) is 48.5 Å². The Morgan fingerprint density at radius 3 is 2.39 bits per heavy atom. The quantitative estimate of drug-likeness (QED) is 0.414. The predicted octanol–water partition coefficient (Wildman–Crippen LogP) is 5.68. The lowest BCUT2D eigenvalue weighted by atomic mass is 9.99. The minimum atomic E-state index is -0.0952. The zero-order valence-corrected chi connectivity index (χ0v) is 18.5. The Balaban J connectivity index is 1.72. The maximum absolute atomic E-state index is 13.4. The minimum absolute atomic E-state index is 0.0760. The number of aryl methyl sites for hydroxylation is 2. The fraction of sp³-hybridized carbons (Fsp3) is 0.259. The minimum Gasteiger partial charge on any atom is -0.337 e. The summed E-state index contributed by atoms with van der Waals surface area (Å²) in [5.74, 6) is 0.0760. The Kier molecular flexibility index (Phi) is 5.64. The number of aromatic amines is 1. The molecule has 158 valence electrons. The number of nitrogens with one attached hydrogen (secondary N) is 1. The van der Waals surface area contributed by atoms with Crippen LogP contribution in [0.4, 0.5) is 0 Å². The van der Waals surface area contributed by atoms with Crippen LogP contribution in [0.2, 0.25) is 0 Å². The summed E-state index contributed by atoms with van der Waals surface area (Å²) in [6.07, 6.45) is 0.745. The second-order valence-electron chi connectivity index (χ2n) is 8.30. The third-order valence-electron chi connectivity index (χ3n) is 6.20. The second kappa shape index (κ2) is 8.38. The van der Waals surface area contributed by atoms with E-state index in [2.05, 4.69) is 34.7 Å². The fourth-order valence-electron chi connectivity index (χ4n) is 4.68. The first kappa shape index (κ1) is 20.9. The summed E-state index contributed by atoms with van der Waals surface area (Å²) in [7, 11) is 0. The third kappa shape index (κ3) is 3.86. The first-order valence-corrected chi connectivity index (χ1v) is 10.8. The summed E-state index contributed by atoms with van der Waals surface area (Å²) in [4.78, 5) is 28.6. The van der Waals surface area contributed by atoms with Crippen LogP contribution in [0.3, 0.4) is 0 Å². The van der Waals surface area contributed by atoms with E-state index in [-0.39, 0.29) is 17.4 Å². The summed E-state index contributed by atoms with van der Waals surface area (Å²) in [6, 6.07) is 20.5. The number of hydrogen-bond acceptors (Lipinski definition) is 2. The van der Waals surface area contributed by atoms with Crippen molar-refractivity contribution in [2.45, 2.75) is 46.6 Å². The van der Waals surface area contributed by atoms with E-state index in [1.165, 1.54) is 5.56 Å². The largest absolute Gasteiger partial charge is 0.337 e. The van der Waals surface area contributed by atoms with Crippen molar-refractivity contribution in [3.63, 3.8) is 0 Å². The monoisotopic (exact) mass is 412 g/mol.